The van der Waals surface area contributed by atoms with Gasteiger partial charge < -0.3 is 10.2 Å². The summed E-state index contributed by atoms with van der Waals surface area (Å²) in [6.45, 7) is 13.2. The predicted molar refractivity (Wildman–Crippen MR) is 114 cm³/mol. The summed E-state index contributed by atoms with van der Waals surface area (Å²) in [6.07, 6.45) is 3.86. The minimum Gasteiger partial charge on any atom is -0.852 e. The van der Waals surface area contributed by atoms with E-state index in [-0.39, 0.29) is 16.5 Å². The van der Waals surface area contributed by atoms with E-state index in [0.717, 1.165) is 0 Å². The van der Waals surface area contributed by atoms with Crippen LogP contribution in [-0.4, -0.2) is 28.7 Å². The van der Waals surface area contributed by atoms with E-state index < -0.39 is 29.1 Å². The largest absolute Gasteiger partial charge is 0.852 e. The minimum atomic E-state index is -2.04. The van der Waals surface area contributed by atoms with Gasteiger partial charge in [0.2, 0.25) is 0 Å². The van der Waals surface area contributed by atoms with Crippen molar-refractivity contribution in [3.8, 4) is 0 Å². The van der Waals surface area contributed by atoms with Gasteiger partial charge in [-0.3, -0.25) is 0 Å². The van der Waals surface area contributed by atoms with Gasteiger partial charge in [0.25, 0.3) is 0 Å². The average molecular weight is 416 g/mol. The maximum Gasteiger partial charge on any atom is -0.0149 e. The van der Waals surface area contributed by atoms with Crippen molar-refractivity contribution in [3.63, 3.8) is 0 Å². The molecule has 1 atom stereocenters. The molecule has 26 heavy (non-hydrogen) atoms. The van der Waals surface area contributed by atoms with Crippen LogP contribution in [0.1, 0.15) is 63.8 Å². The number of nitrogens with one attached hydrogen (secondary N) is 1. The van der Waals surface area contributed by atoms with Gasteiger partial charge in [-0.2, -0.15) is 0 Å². The molecular weight excluding hydrogens is 374 g/mol. The van der Waals surface area contributed by atoms with Crippen molar-refractivity contribution in [2.45, 2.75) is 80.9 Å². The number of rotatable bonds is 2. The third-order valence-electron chi connectivity index (χ3n) is 3.27. The van der Waals surface area contributed by atoms with Crippen LogP contribution >= 0.6 is 0 Å². The molecule has 3 nitrogen and oxygen atoms in total. The number of hydrogen-bond acceptors (Lipinski definition) is 3. The van der Waals surface area contributed by atoms with Crippen LogP contribution in [0.3, 0.4) is 0 Å². The van der Waals surface area contributed by atoms with Crippen molar-refractivity contribution in [1.82, 2.24) is 3.80 Å². The van der Waals surface area contributed by atoms with Gasteiger partial charge in [-0.1, -0.05) is 27.7 Å². The first-order valence-electron chi connectivity index (χ1n) is 9.14. The maximum atomic E-state index is 9.53. The Bertz CT molecular complexity index is 526. The van der Waals surface area contributed by atoms with E-state index in [0.29, 0.717) is 4.22 Å². The van der Waals surface area contributed by atoms with Crippen LogP contribution in [0, 0.1) is 0 Å². The summed E-state index contributed by atoms with van der Waals surface area (Å²) in [5, 5.41) is 24.0. The quantitative estimate of drug-likeness (QED) is 0.755. The van der Waals surface area contributed by atoms with Crippen LogP contribution < -0.4 is 14.0 Å². The first-order valence-corrected chi connectivity index (χ1v) is 13.9. The zero-order valence-electron chi connectivity index (χ0n) is 17.5. The molecule has 0 amide bonds. The molecule has 0 saturated carbocycles. The number of hydrogen-bond donors (Lipinski definition) is 1. The molecule has 1 N–H and O–H groups in total. The summed E-state index contributed by atoms with van der Waals surface area (Å²) in [5.41, 5.74) is 3.15. The zero-order valence-corrected chi connectivity index (χ0v) is 19.1. The number of benzene rings is 1. The summed E-state index contributed by atoms with van der Waals surface area (Å²) < 4.78 is 4.56. The average Bonchev–Trinajstić information content (AvgIpc) is 2.78. The van der Waals surface area contributed by atoms with Gasteiger partial charge in [0.05, 0.1) is 0 Å². The van der Waals surface area contributed by atoms with Crippen molar-refractivity contribution in [1.29, 1.82) is 0 Å². The molecule has 0 aliphatic heterocycles. The maximum absolute atomic E-state index is 9.53. The summed E-state index contributed by atoms with van der Waals surface area (Å²) >= 11 is -2.04. The Kier molecular flexibility index (Phi) is 13.2. The fourth-order valence-corrected chi connectivity index (χ4v) is 8.71. The van der Waals surface area contributed by atoms with Gasteiger partial charge in [0, 0.05) is 0 Å². The SMILES string of the molecule is CC(C)(C)[NH][Ti+2]([CH3])([CH3])[CH]1C=Cc2ccccc21.CC(C)[O-].CC(C)[O-].[SiH4]. The molecular formula is C21H41NO2SiTi. The van der Waals surface area contributed by atoms with E-state index in [1.165, 1.54) is 11.1 Å². The van der Waals surface area contributed by atoms with Crippen LogP contribution in [0.25, 0.3) is 6.08 Å². The fraction of sp³-hybridized carbons (Fsp3) is 0.619. The van der Waals surface area contributed by atoms with E-state index >= 15 is 0 Å². The van der Waals surface area contributed by atoms with Crippen LogP contribution in [0.2, 0.25) is 10.5 Å². The normalized spacial score (nSPS) is 14.9. The first-order chi connectivity index (χ1) is 11.3. The first kappa shape index (κ1) is 28.0. The molecule has 0 aromatic heterocycles. The molecule has 1 aliphatic rings. The van der Waals surface area contributed by atoms with E-state index in [2.05, 4.69) is 71.4 Å². The van der Waals surface area contributed by atoms with E-state index in [4.69, 9.17) is 0 Å². The van der Waals surface area contributed by atoms with Crippen molar-refractivity contribution in [3.05, 3.63) is 41.5 Å². The molecule has 1 aromatic carbocycles. The number of allylic oxidation sites excluding steroid dienone is 1. The molecule has 2 rings (SSSR count). The van der Waals surface area contributed by atoms with Crippen molar-refractivity contribution in [2.75, 3.05) is 0 Å². The van der Waals surface area contributed by atoms with Crippen molar-refractivity contribution < 1.29 is 27.1 Å². The summed E-state index contributed by atoms with van der Waals surface area (Å²) in [5.74, 6) is 0. The minimum absolute atomic E-state index is 0. The van der Waals surface area contributed by atoms with E-state index in [1.54, 1.807) is 27.7 Å². The van der Waals surface area contributed by atoms with Crippen LogP contribution in [-0.2, 0) is 16.8 Å². The third kappa shape index (κ3) is 12.2. The molecule has 0 bridgehead atoms. The Balaban J connectivity index is 0. The van der Waals surface area contributed by atoms with Crippen molar-refractivity contribution in [2.24, 2.45) is 0 Å². The Morgan fingerprint density at radius 2 is 1.38 bits per heavy atom. The van der Waals surface area contributed by atoms with Gasteiger partial charge in [0.15, 0.2) is 0 Å². The Morgan fingerprint density at radius 1 is 0.962 bits per heavy atom. The second kappa shape index (κ2) is 12.3. The predicted octanol–water partition coefficient (Wildman–Crippen LogP) is 2.37. The molecule has 1 aliphatic carbocycles. The molecule has 0 heterocycles. The molecule has 1 aromatic rings. The van der Waals surface area contributed by atoms with Crippen LogP contribution in [0.15, 0.2) is 30.3 Å². The van der Waals surface area contributed by atoms with Gasteiger partial charge in [-0.15, -0.1) is 12.2 Å². The Hall–Kier alpha value is -0.229. The zero-order chi connectivity index (χ0) is 19.8. The monoisotopic (exact) mass is 415 g/mol. The smallest absolute Gasteiger partial charge is 0.0149 e. The summed E-state index contributed by atoms with van der Waals surface area (Å²) in [7, 11) is 0. The molecule has 1 unspecified atom stereocenters. The molecule has 0 saturated heterocycles. The molecule has 150 valence electrons. The van der Waals surface area contributed by atoms with Gasteiger partial charge in [-0.05, 0) is 11.0 Å². The molecule has 5 heteroatoms. The second-order valence-electron chi connectivity index (χ2n) is 8.66. The topological polar surface area (TPSA) is 58.1 Å². The van der Waals surface area contributed by atoms with Gasteiger partial charge in [0.1, 0.15) is 0 Å². The Morgan fingerprint density at radius 3 is 1.81 bits per heavy atom. The standard InChI is InChI=1S/C9H7.C4H10N.2C3H7O.2CH3.H4Si.Ti/c1-2-5-9-7-3-6-8(9)4-1;1-4(2,3)5;2*1-3(2)4;;;;/h1-7H;5H,1-3H3;2*3H,1-2H3;2*1H3;1H4;/q;3*-1;;;;+3. The molecule has 0 radical (unpaired) electrons. The summed E-state index contributed by atoms with van der Waals surface area (Å²) in [4.78, 5) is 0. The Labute approximate surface area is 170 Å². The fourth-order valence-electron chi connectivity index (χ4n) is 2.92. The van der Waals surface area contributed by atoms with Crippen molar-refractivity contribution >= 4 is 17.0 Å². The molecule has 0 fully saturated rings. The third-order valence-corrected chi connectivity index (χ3v) is 8.67. The second-order valence-corrected chi connectivity index (χ2v) is 15.4. The van der Waals surface area contributed by atoms with Gasteiger partial charge >= 0.3 is 109 Å². The van der Waals surface area contributed by atoms with E-state index in [9.17, 15) is 10.2 Å². The molecule has 0 spiro atoms. The van der Waals surface area contributed by atoms with Gasteiger partial charge in [-0.25, -0.2) is 0 Å². The van der Waals surface area contributed by atoms with Crippen LogP contribution in [0.5, 0.6) is 0 Å². The van der Waals surface area contributed by atoms with Crippen LogP contribution in [0.4, 0.5) is 0 Å². The number of fused-ring (bicyclic) bond motifs is 1. The van der Waals surface area contributed by atoms with E-state index in [1.807, 2.05) is 0 Å². The summed E-state index contributed by atoms with van der Waals surface area (Å²) in [6, 6.07) is 8.80.